The van der Waals surface area contributed by atoms with Gasteiger partial charge in [0.05, 0.1) is 11.1 Å². The van der Waals surface area contributed by atoms with E-state index in [0.717, 1.165) is 5.69 Å². The fraction of sp³-hybridized carbons (Fsp3) is 0.357. The van der Waals surface area contributed by atoms with Crippen LogP contribution in [0.5, 0.6) is 0 Å². The number of aromatic nitrogens is 2. The van der Waals surface area contributed by atoms with E-state index in [1.165, 1.54) is 19.9 Å². The van der Waals surface area contributed by atoms with Crippen molar-refractivity contribution in [3.63, 3.8) is 0 Å². The molecule has 1 aromatic heterocycles. The SMILES string of the molecule is Cc1ccc(C)c(S(=O)(=O)NCc2cnn(C)c2C)c1[N+](=O)[O-]. The Kier molecular flexibility index (Phi) is 4.53. The van der Waals surface area contributed by atoms with Crippen LogP contribution in [0.4, 0.5) is 5.69 Å². The summed E-state index contributed by atoms with van der Waals surface area (Å²) in [5, 5.41) is 15.3. The highest BCUT2D eigenvalue weighted by molar-refractivity contribution is 7.89. The van der Waals surface area contributed by atoms with Gasteiger partial charge in [0.25, 0.3) is 5.69 Å². The number of nitro groups is 1. The number of sulfonamides is 1. The van der Waals surface area contributed by atoms with Crippen LogP contribution in [-0.2, 0) is 23.6 Å². The Balaban J connectivity index is 2.42. The molecule has 1 N–H and O–H groups in total. The third-order valence-electron chi connectivity index (χ3n) is 3.77. The summed E-state index contributed by atoms with van der Waals surface area (Å²) in [5.41, 5.74) is 1.78. The maximum Gasteiger partial charge on any atom is 0.292 e. The minimum atomic E-state index is -4.02. The first kappa shape index (κ1) is 17.1. The molecule has 2 rings (SSSR count). The molecule has 0 bridgehead atoms. The largest absolute Gasteiger partial charge is 0.292 e. The number of rotatable bonds is 5. The molecule has 0 atom stereocenters. The lowest BCUT2D eigenvalue weighted by molar-refractivity contribution is -0.388. The standard InChI is InChI=1S/C14H18N4O4S/c1-9-5-6-10(2)14(13(9)18(19)20)23(21,22)16-8-12-7-15-17(4)11(12)3/h5-7,16H,8H2,1-4H3. The second-order valence-corrected chi connectivity index (χ2v) is 7.04. The first-order valence-electron chi connectivity index (χ1n) is 6.87. The number of nitrogens with zero attached hydrogens (tertiary/aromatic N) is 3. The Bertz CT molecular complexity index is 871. The molecule has 0 aliphatic rings. The second kappa shape index (κ2) is 6.09. The predicted octanol–water partition coefficient (Wildman–Crippen LogP) is 1.73. The average Bonchev–Trinajstić information content (AvgIpc) is 2.78. The van der Waals surface area contributed by atoms with Gasteiger partial charge in [0.15, 0.2) is 4.90 Å². The summed E-state index contributed by atoms with van der Waals surface area (Å²) in [6.45, 7) is 4.89. The molecule has 23 heavy (non-hydrogen) atoms. The second-order valence-electron chi connectivity index (χ2n) is 5.34. The maximum atomic E-state index is 12.6. The topological polar surface area (TPSA) is 107 Å². The number of hydrogen-bond acceptors (Lipinski definition) is 5. The molecule has 0 saturated carbocycles. The highest BCUT2D eigenvalue weighted by Crippen LogP contribution is 2.30. The Morgan fingerprint density at radius 3 is 2.39 bits per heavy atom. The van der Waals surface area contributed by atoms with E-state index in [0.29, 0.717) is 16.7 Å². The summed E-state index contributed by atoms with van der Waals surface area (Å²) in [6, 6.07) is 3.10. The van der Waals surface area contributed by atoms with Gasteiger partial charge in [0.2, 0.25) is 10.0 Å². The van der Waals surface area contributed by atoms with E-state index in [1.54, 1.807) is 24.0 Å². The Morgan fingerprint density at radius 2 is 1.87 bits per heavy atom. The quantitative estimate of drug-likeness (QED) is 0.660. The maximum absolute atomic E-state index is 12.6. The van der Waals surface area contributed by atoms with Crippen LogP contribution in [0, 0.1) is 30.9 Å². The molecule has 0 saturated heterocycles. The zero-order chi connectivity index (χ0) is 17.4. The highest BCUT2D eigenvalue weighted by atomic mass is 32.2. The van der Waals surface area contributed by atoms with Crippen LogP contribution in [0.1, 0.15) is 22.4 Å². The van der Waals surface area contributed by atoms with Crippen LogP contribution < -0.4 is 4.72 Å². The normalized spacial score (nSPS) is 11.7. The summed E-state index contributed by atoms with van der Waals surface area (Å²) in [4.78, 5) is 10.3. The first-order chi connectivity index (χ1) is 10.6. The van der Waals surface area contributed by atoms with E-state index in [9.17, 15) is 18.5 Å². The molecule has 0 radical (unpaired) electrons. The number of benzene rings is 1. The summed E-state index contributed by atoms with van der Waals surface area (Å²) in [6.07, 6.45) is 1.56. The Morgan fingerprint density at radius 1 is 1.26 bits per heavy atom. The van der Waals surface area contributed by atoms with E-state index in [2.05, 4.69) is 9.82 Å². The Labute approximate surface area is 134 Å². The third kappa shape index (κ3) is 3.25. The van der Waals surface area contributed by atoms with Crippen molar-refractivity contribution in [2.75, 3.05) is 0 Å². The van der Waals surface area contributed by atoms with Gasteiger partial charge in [-0.05, 0) is 26.3 Å². The average molecular weight is 338 g/mol. The molecule has 0 aliphatic carbocycles. The van der Waals surface area contributed by atoms with Gasteiger partial charge in [-0.1, -0.05) is 12.1 Å². The van der Waals surface area contributed by atoms with Crippen molar-refractivity contribution in [3.8, 4) is 0 Å². The first-order valence-corrected chi connectivity index (χ1v) is 8.35. The summed E-state index contributed by atoms with van der Waals surface area (Å²) < 4.78 is 29.2. The fourth-order valence-electron chi connectivity index (χ4n) is 2.30. The fourth-order valence-corrected chi connectivity index (χ4v) is 3.77. The van der Waals surface area contributed by atoms with Gasteiger partial charge in [0, 0.05) is 30.4 Å². The molecule has 8 nitrogen and oxygen atoms in total. The molecule has 0 unspecified atom stereocenters. The van der Waals surface area contributed by atoms with Gasteiger partial charge in [-0.15, -0.1) is 0 Å². The van der Waals surface area contributed by atoms with Crippen molar-refractivity contribution < 1.29 is 13.3 Å². The lowest BCUT2D eigenvalue weighted by Crippen LogP contribution is -2.25. The Hall–Kier alpha value is -2.26. The number of aryl methyl sites for hydroxylation is 3. The van der Waals surface area contributed by atoms with Crippen molar-refractivity contribution in [2.45, 2.75) is 32.2 Å². The number of nitro benzene ring substituents is 1. The lowest BCUT2D eigenvalue weighted by atomic mass is 10.1. The van der Waals surface area contributed by atoms with Crippen molar-refractivity contribution >= 4 is 15.7 Å². The van der Waals surface area contributed by atoms with Gasteiger partial charge in [-0.25, -0.2) is 13.1 Å². The zero-order valence-corrected chi connectivity index (χ0v) is 14.1. The van der Waals surface area contributed by atoms with Gasteiger partial charge >= 0.3 is 0 Å². The zero-order valence-electron chi connectivity index (χ0n) is 13.3. The summed E-state index contributed by atoms with van der Waals surface area (Å²) >= 11 is 0. The van der Waals surface area contributed by atoms with E-state index < -0.39 is 14.9 Å². The number of nitrogens with one attached hydrogen (secondary N) is 1. The summed E-state index contributed by atoms with van der Waals surface area (Å²) in [5.74, 6) is 0. The molecular weight excluding hydrogens is 320 g/mol. The van der Waals surface area contributed by atoms with E-state index in [-0.39, 0.29) is 17.1 Å². The van der Waals surface area contributed by atoms with Crippen molar-refractivity contribution in [1.29, 1.82) is 0 Å². The van der Waals surface area contributed by atoms with Crippen molar-refractivity contribution in [1.82, 2.24) is 14.5 Å². The minimum Gasteiger partial charge on any atom is -0.273 e. The molecule has 124 valence electrons. The number of hydrogen-bond donors (Lipinski definition) is 1. The summed E-state index contributed by atoms with van der Waals surface area (Å²) in [7, 11) is -2.27. The van der Waals surface area contributed by atoms with Crippen LogP contribution in [-0.4, -0.2) is 23.1 Å². The van der Waals surface area contributed by atoms with Gasteiger partial charge in [0.1, 0.15) is 0 Å². The molecule has 1 heterocycles. The minimum absolute atomic E-state index is 0.0204. The smallest absolute Gasteiger partial charge is 0.273 e. The van der Waals surface area contributed by atoms with Gasteiger partial charge in [-0.3, -0.25) is 14.8 Å². The highest BCUT2D eigenvalue weighted by Gasteiger charge is 2.30. The van der Waals surface area contributed by atoms with Gasteiger partial charge in [-0.2, -0.15) is 5.10 Å². The van der Waals surface area contributed by atoms with Crippen LogP contribution in [0.3, 0.4) is 0 Å². The van der Waals surface area contributed by atoms with Crippen molar-refractivity contribution in [2.24, 2.45) is 7.05 Å². The molecule has 2 aromatic rings. The van der Waals surface area contributed by atoms with Crippen LogP contribution in [0.2, 0.25) is 0 Å². The van der Waals surface area contributed by atoms with Crippen molar-refractivity contribution in [3.05, 3.63) is 50.8 Å². The van der Waals surface area contributed by atoms with E-state index in [1.807, 2.05) is 6.92 Å². The molecule has 0 aliphatic heterocycles. The lowest BCUT2D eigenvalue weighted by Gasteiger charge is -2.11. The third-order valence-corrected chi connectivity index (χ3v) is 5.35. The van der Waals surface area contributed by atoms with Gasteiger partial charge < -0.3 is 0 Å². The molecule has 0 amide bonds. The van der Waals surface area contributed by atoms with E-state index in [4.69, 9.17) is 0 Å². The van der Waals surface area contributed by atoms with Crippen LogP contribution in [0.15, 0.2) is 23.2 Å². The molecule has 0 fully saturated rings. The molecule has 9 heteroatoms. The van der Waals surface area contributed by atoms with Crippen LogP contribution in [0.25, 0.3) is 0 Å². The molecule has 0 spiro atoms. The van der Waals surface area contributed by atoms with E-state index >= 15 is 0 Å². The monoisotopic (exact) mass is 338 g/mol. The molecule has 1 aromatic carbocycles. The molecular formula is C14H18N4O4S. The predicted molar refractivity (Wildman–Crippen MR) is 84.5 cm³/mol. The van der Waals surface area contributed by atoms with Crippen LogP contribution >= 0.6 is 0 Å².